The number of aryl methyl sites for hydroxylation is 1. The standard InChI is InChI=1S/C19H22N2O4S/c1-13-14-4-3-5-16(15(14)6-11-20-13)26(23,24)21-19-9-7-18(12-19,8-10-19)17(22)25-2/h3-6,11,21H,7-10,12H2,1-2H3. The van der Waals surface area contributed by atoms with Crippen molar-refractivity contribution in [3.8, 4) is 0 Å². The maximum absolute atomic E-state index is 13.2. The number of carbonyl (C=O) groups excluding carboxylic acids is 1. The number of rotatable bonds is 4. The van der Waals surface area contributed by atoms with E-state index in [-0.39, 0.29) is 10.9 Å². The van der Waals surface area contributed by atoms with Crippen molar-refractivity contribution in [1.82, 2.24) is 9.71 Å². The van der Waals surface area contributed by atoms with Crippen LogP contribution in [-0.4, -0.2) is 32.0 Å². The fraction of sp³-hybridized carbons (Fsp3) is 0.474. The first-order valence-electron chi connectivity index (χ1n) is 8.78. The number of hydrogen-bond donors (Lipinski definition) is 1. The Morgan fingerprint density at radius 2 is 1.88 bits per heavy atom. The molecule has 2 bridgehead atoms. The van der Waals surface area contributed by atoms with Gasteiger partial charge in [0.2, 0.25) is 10.0 Å². The number of pyridine rings is 1. The summed E-state index contributed by atoms with van der Waals surface area (Å²) in [6.07, 6.45) is 4.79. The molecule has 1 N–H and O–H groups in total. The summed E-state index contributed by atoms with van der Waals surface area (Å²) in [5.74, 6) is -0.220. The lowest BCUT2D eigenvalue weighted by molar-refractivity contribution is -0.152. The van der Waals surface area contributed by atoms with Crippen LogP contribution in [0.25, 0.3) is 10.8 Å². The van der Waals surface area contributed by atoms with E-state index in [2.05, 4.69) is 9.71 Å². The average molecular weight is 374 g/mol. The van der Waals surface area contributed by atoms with E-state index in [1.807, 2.05) is 13.0 Å². The number of methoxy groups -OCH3 is 1. The van der Waals surface area contributed by atoms with Crippen molar-refractivity contribution in [3.63, 3.8) is 0 Å². The van der Waals surface area contributed by atoms with Crippen LogP contribution in [0.4, 0.5) is 0 Å². The van der Waals surface area contributed by atoms with Crippen LogP contribution in [0, 0.1) is 12.3 Å². The van der Waals surface area contributed by atoms with E-state index in [0.717, 1.165) is 11.1 Å². The molecule has 0 aliphatic heterocycles. The first kappa shape index (κ1) is 17.4. The van der Waals surface area contributed by atoms with E-state index in [1.54, 1.807) is 24.4 Å². The van der Waals surface area contributed by atoms with Crippen molar-refractivity contribution in [1.29, 1.82) is 0 Å². The summed E-state index contributed by atoms with van der Waals surface area (Å²) in [5, 5.41) is 1.49. The summed E-state index contributed by atoms with van der Waals surface area (Å²) in [6.45, 7) is 1.86. The molecule has 2 aliphatic carbocycles. The Kier molecular flexibility index (Phi) is 3.86. The van der Waals surface area contributed by atoms with Gasteiger partial charge in [0.15, 0.2) is 0 Å². The number of hydrogen-bond acceptors (Lipinski definition) is 5. The second kappa shape index (κ2) is 5.76. The molecule has 1 aromatic carbocycles. The maximum Gasteiger partial charge on any atom is 0.311 e. The van der Waals surface area contributed by atoms with Gasteiger partial charge in [-0.05, 0) is 51.2 Å². The van der Waals surface area contributed by atoms with Crippen LogP contribution in [-0.2, 0) is 19.6 Å². The maximum atomic E-state index is 13.2. The summed E-state index contributed by atoms with van der Waals surface area (Å²) in [4.78, 5) is 16.7. The molecular weight excluding hydrogens is 352 g/mol. The number of nitrogens with zero attached hydrogens (tertiary/aromatic N) is 1. The van der Waals surface area contributed by atoms with Gasteiger partial charge in [-0.25, -0.2) is 13.1 Å². The van der Waals surface area contributed by atoms with Crippen molar-refractivity contribution in [2.45, 2.75) is 49.5 Å². The molecule has 6 nitrogen and oxygen atoms in total. The summed E-state index contributed by atoms with van der Waals surface area (Å²) in [6, 6.07) is 6.97. The molecule has 4 rings (SSSR count). The zero-order valence-corrected chi connectivity index (χ0v) is 15.7. The van der Waals surface area contributed by atoms with Crippen molar-refractivity contribution in [3.05, 3.63) is 36.2 Å². The minimum absolute atomic E-state index is 0.220. The van der Waals surface area contributed by atoms with Crippen LogP contribution in [0.3, 0.4) is 0 Å². The van der Waals surface area contributed by atoms with Crippen molar-refractivity contribution in [2.24, 2.45) is 5.41 Å². The molecule has 2 saturated carbocycles. The molecule has 0 saturated heterocycles. The number of benzene rings is 1. The Balaban J connectivity index is 1.70. The fourth-order valence-electron chi connectivity index (χ4n) is 4.74. The van der Waals surface area contributed by atoms with Crippen molar-refractivity contribution < 1.29 is 17.9 Å². The molecule has 2 fully saturated rings. The summed E-state index contributed by atoms with van der Waals surface area (Å²) in [5.41, 5.74) is -0.294. The number of aromatic nitrogens is 1. The van der Waals surface area contributed by atoms with Gasteiger partial charge in [-0.2, -0.15) is 0 Å². The molecule has 7 heteroatoms. The first-order chi connectivity index (χ1) is 12.3. The highest BCUT2D eigenvalue weighted by molar-refractivity contribution is 7.89. The number of sulfonamides is 1. The van der Waals surface area contributed by atoms with Gasteiger partial charge in [0.05, 0.1) is 17.4 Å². The van der Waals surface area contributed by atoms with Gasteiger partial charge in [-0.1, -0.05) is 12.1 Å². The molecule has 0 unspecified atom stereocenters. The normalized spacial score (nSPS) is 27.8. The van der Waals surface area contributed by atoms with E-state index in [1.165, 1.54) is 7.11 Å². The minimum atomic E-state index is -3.72. The third-order valence-electron chi connectivity index (χ3n) is 6.07. The predicted molar refractivity (Wildman–Crippen MR) is 97.1 cm³/mol. The molecular formula is C19H22N2O4S. The molecule has 138 valence electrons. The highest BCUT2D eigenvalue weighted by Gasteiger charge is 2.59. The predicted octanol–water partition coefficient (Wildman–Crippen LogP) is 2.70. The van der Waals surface area contributed by atoms with E-state index in [9.17, 15) is 13.2 Å². The van der Waals surface area contributed by atoms with Gasteiger partial charge in [0.1, 0.15) is 0 Å². The molecule has 0 atom stereocenters. The molecule has 26 heavy (non-hydrogen) atoms. The smallest absolute Gasteiger partial charge is 0.311 e. The van der Waals surface area contributed by atoms with Crippen LogP contribution in [0.15, 0.2) is 35.4 Å². The van der Waals surface area contributed by atoms with Gasteiger partial charge < -0.3 is 4.74 Å². The zero-order valence-electron chi connectivity index (χ0n) is 14.9. The highest BCUT2D eigenvalue weighted by Crippen LogP contribution is 2.57. The van der Waals surface area contributed by atoms with E-state index in [0.29, 0.717) is 37.5 Å². The Labute approximate surface area is 153 Å². The van der Waals surface area contributed by atoms with Crippen LogP contribution < -0.4 is 4.72 Å². The number of esters is 1. The fourth-order valence-corrected chi connectivity index (χ4v) is 6.42. The van der Waals surface area contributed by atoms with Gasteiger partial charge in [-0.3, -0.25) is 9.78 Å². The molecule has 1 aromatic heterocycles. The number of nitrogens with one attached hydrogen (secondary N) is 1. The lowest BCUT2D eigenvalue weighted by Gasteiger charge is -2.28. The second-order valence-corrected chi connectivity index (χ2v) is 9.23. The molecule has 2 aromatic rings. The van der Waals surface area contributed by atoms with Crippen LogP contribution >= 0.6 is 0 Å². The minimum Gasteiger partial charge on any atom is -0.469 e. The monoisotopic (exact) mass is 374 g/mol. The average Bonchev–Trinajstić information content (AvgIpc) is 3.17. The van der Waals surface area contributed by atoms with Crippen molar-refractivity contribution >= 4 is 26.8 Å². The number of fused-ring (bicyclic) bond motifs is 3. The van der Waals surface area contributed by atoms with Crippen LogP contribution in [0.1, 0.15) is 37.8 Å². The van der Waals surface area contributed by atoms with Gasteiger partial charge in [0.25, 0.3) is 0 Å². The van der Waals surface area contributed by atoms with Crippen LogP contribution in [0.2, 0.25) is 0 Å². The lowest BCUT2D eigenvalue weighted by Crippen LogP contribution is -2.44. The summed E-state index contributed by atoms with van der Waals surface area (Å²) >= 11 is 0. The quantitative estimate of drug-likeness (QED) is 0.832. The van der Waals surface area contributed by atoms with Gasteiger partial charge in [0, 0.05) is 28.2 Å². The van der Waals surface area contributed by atoms with E-state index < -0.39 is 21.0 Å². The van der Waals surface area contributed by atoms with E-state index >= 15 is 0 Å². The SMILES string of the molecule is COC(=O)C12CCC(NS(=O)(=O)c3cccc4c(C)nccc34)(CC1)C2. The molecule has 1 heterocycles. The number of carbonyl (C=O) groups is 1. The van der Waals surface area contributed by atoms with Crippen molar-refractivity contribution in [2.75, 3.05) is 7.11 Å². The van der Waals surface area contributed by atoms with Gasteiger partial charge in [-0.15, -0.1) is 0 Å². The molecule has 0 radical (unpaired) electrons. The third kappa shape index (κ3) is 2.53. The van der Waals surface area contributed by atoms with Gasteiger partial charge >= 0.3 is 5.97 Å². The Morgan fingerprint density at radius 3 is 2.58 bits per heavy atom. The van der Waals surface area contributed by atoms with E-state index in [4.69, 9.17) is 4.74 Å². The largest absolute Gasteiger partial charge is 0.469 e. The van der Waals surface area contributed by atoms with Crippen LogP contribution in [0.5, 0.6) is 0 Å². The molecule has 2 aliphatic rings. The molecule has 0 amide bonds. The highest BCUT2D eigenvalue weighted by atomic mass is 32.2. The topological polar surface area (TPSA) is 85.4 Å². The lowest BCUT2D eigenvalue weighted by atomic mass is 9.84. The third-order valence-corrected chi connectivity index (χ3v) is 7.70. The zero-order chi connectivity index (χ0) is 18.6. The Morgan fingerprint density at radius 1 is 1.15 bits per heavy atom. The number of ether oxygens (including phenoxy) is 1. The Hall–Kier alpha value is -1.99. The summed E-state index contributed by atoms with van der Waals surface area (Å²) in [7, 11) is -2.33. The summed E-state index contributed by atoms with van der Waals surface area (Å²) < 4.78 is 34.3. The first-order valence-corrected chi connectivity index (χ1v) is 10.3. The Bertz CT molecular complexity index is 992. The molecule has 0 spiro atoms. The second-order valence-electron chi connectivity index (χ2n) is 7.58.